The molecule has 1 fully saturated rings. The molecule has 0 saturated heterocycles. The van der Waals surface area contributed by atoms with E-state index in [1.165, 1.54) is 6.07 Å². The Kier molecular flexibility index (Phi) is 6.14. The zero-order valence-corrected chi connectivity index (χ0v) is 15.1. The third-order valence-electron chi connectivity index (χ3n) is 4.31. The van der Waals surface area contributed by atoms with Crippen molar-refractivity contribution in [2.24, 2.45) is 5.92 Å². The number of carboxylic acid groups (broad SMARTS) is 1. The van der Waals surface area contributed by atoms with Crippen molar-refractivity contribution in [2.45, 2.75) is 30.6 Å². The first-order valence-electron chi connectivity index (χ1n) is 8.72. The molecule has 0 radical (unpaired) electrons. The minimum atomic E-state index is -0.905. The predicted molar refractivity (Wildman–Crippen MR) is 101 cm³/mol. The lowest BCUT2D eigenvalue weighted by Crippen LogP contribution is -2.08. The summed E-state index contributed by atoms with van der Waals surface area (Å²) in [5.41, 5.74) is 1.59. The zero-order valence-electron chi connectivity index (χ0n) is 14.3. The molecule has 2 aromatic carbocycles. The van der Waals surface area contributed by atoms with Gasteiger partial charge in [0.25, 0.3) is 0 Å². The van der Waals surface area contributed by atoms with Gasteiger partial charge in [0.15, 0.2) is 5.82 Å². The number of halogens is 2. The van der Waals surface area contributed by atoms with Crippen molar-refractivity contribution in [1.29, 1.82) is 0 Å². The highest BCUT2D eigenvalue weighted by atomic mass is 32.2. The summed E-state index contributed by atoms with van der Waals surface area (Å²) in [5, 5.41) is 11.9. The number of nitrogens with one attached hydrogen (secondary N) is 1. The highest BCUT2D eigenvalue weighted by molar-refractivity contribution is 7.99. The fourth-order valence-corrected chi connectivity index (χ4v) is 3.64. The van der Waals surface area contributed by atoms with Crippen LogP contribution in [-0.4, -0.2) is 23.4 Å². The number of hydrogen-bond acceptors (Lipinski definition) is 3. The second-order valence-electron chi connectivity index (χ2n) is 6.46. The van der Waals surface area contributed by atoms with Crippen molar-refractivity contribution in [3.05, 3.63) is 48.0 Å². The van der Waals surface area contributed by atoms with Crippen LogP contribution >= 0.6 is 11.8 Å². The third-order valence-corrected chi connectivity index (χ3v) is 5.46. The number of hydrogen-bond donors (Lipinski definition) is 2. The van der Waals surface area contributed by atoms with E-state index in [9.17, 15) is 9.18 Å². The molecule has 26 heavy (non-hydrogen) atoms. The van der Waals surface area contributed by atoms with E-state index in [2.05, 4.69) is 5.32 Å². The first-order chi connectivity index (χ1) is 12.6. The minimum Gasteiger partial charge on any atom is -0.481 e. The predicted octanol–water partition coefficient (Wildman–Crippen LogP) is 5.41. The second-order valence-corrected chi connectivity index (χ2v) is 7.57. The van der Waals surface area contributed by atoms with E-state index in [-0.39, 0.29) is 11.3 Å². The van der Waals surface area contributed by atoms with Crippen molar-refractivity contribution >= 4 is 23.4 Å². The number of aliphatic carboxylic acids is 1. The molecule has 0 bridgehead atoms. The Bertz CT molecular complexity index is 779. The molecule has 2 N–H and O–H groups in total. The largest absolute Gasteiger partial charge is 0.481 e. The summed E-state index contributed by atoms with van der Waals surface area (Å²) in [6.45, 7) is 0.672. The molecule has 1 aliphatic carbocycles. The highest BCUT2D eigenvalue weighted by Gasteiger charge is 2.24. The Morgan fingerprint density at radius 2 is 1.96 bits per heavy atom. The van der Waals surface area contributed by atoms with Crippen LogP contribution in [0.2, 0.25) is 0 Å². The van der Waals surface area contributed by atoms with Gasteiger partial charge in [-0.3, -0.25) is 4.79 Å². The molecule has 6 heteroatoms. The maximum atomic E-state index is 15.1. The van der Waals surface area contributed by atoms with E-state index in [0.717, 1.165) is 30.2 Å². The molecular formula is C20H21F2NO2S. The third kappa shape index (κ3) is 4.75. The standard InChI is InChI=1S/C20H21F2NO2S/c21-16-11-15(14-5-2-1-3-6-14)19(23-12-13-8-9-13)18(22)20(16)26-10-4-7-17(24)25/h1-3,5-6,11,13,23H,4,7-10,12H2,(H,24,25). The van der Waals surface area contributed by atoms with Gasteiger partial charge < -0.3 is 10.4 Å². The number of thioether (sulfide) groups is 1. The Hall–Kier alpha value is -2.08. The van der Waals surface area contributed by atoms with Gasteiger partial charge in [-0.15, -0.1) is 11.8 Å². The van der Waals surface area contributed by atoms with Crippen molar-refractivity contribution in [3.8, 4) is 11.1 Å². The number of carboxylic acids is 1. The summed E-state index contributed by atoms with van der Waals surface area (Å²) in [4.78, 5) is 10.5. The molecule has 3 nitrogen and oxygen atoms in total. The van der Waals surface area contributed by atoms with Gasteiger partial charge in [0, 0.05) is 18.5 Å². The molecule has 0 heterocycles. The van der Waals surface area contributed by atoms with E-state index >= 15 is 4.39 Å². The van der Waals surface area contributed by atoms with Crippen LogP contribution in [0.1, 0.15) is 25.7 Å². The summed E-state index contributed by atoms with van der Waals surface area (Å²) < 4.78 is 29.7. The topological polar surface area (TPSA) is 49.3 Å². The van der Waals surface area contributed by atoms with E-state index < -0.39 is 17.6 Å². The van der Waals surface area contributed by atoms with Crippen LogP contribution in [0.4, 0.5) is 14.5 Å². The molecule has 0 spiro atoms. The van der Waals surface area contributed by atoms with Crippen LogP contribution in [0.15, 0.2) is 41.3 Å². The fraction of sp³-hybridized carbons (Fsp3) is 0.350. The van der Waals surface area contributed by atoms with Crippen LogP contribution in [0.5, 0.6) is 0 Å². The summed E-state index contributed by atoms with van der Waals surface area (Å²) in [6.07, 6.45) is 2.62. The van der Waals surface area contributed by atoms with Gasteiger partial charge in [-0.2, -0.15) is 0 Å². The molecule has 0 unspecified atom stereocenters. The first-order valence-corrected chi connectivity index (χ1v) is 9.70. The summed E-state index contributed by atoms with van der Waals surface area (Å²) in [6, 6.07) is 10.6. The highest BCUT2D eigenvalue weighted by Crippen LogP contribution is 2.39. The molecule has 1 aliphatic rings. The minimum absolute atomic E-state index is 0.00881. The molecule has 3 rings (SSSR count). The lowest BCUT2D eigenvalue weighted by atomic mass is 10.0. The Labute approximate surface area is 155 Å². The molecule has 0 amide bonds. The van der Waals surface area contributed by atoms with Gasteiger partial charge in [0.2, 0.25) is 0 Å². The lowest BCUT2D eigenvalue weighted by molar-refractivity contribution is -0.137. The first kappa shape index (κ1) is 18.7. The quantitative estimate of drug-likeness (QED) is 0.453. The van der Waals surface area contributed by atoms with Crippen LogP contribution in [0.25, 0.3) is 11.1 Å². The van der Waals surface area contributed by atoms with Gasteiger partial charge in [-0.05, 0) is 42.6 Å². The molecule has 0 atom stereocenters. The van der Waals surface area contributed by atoms with E-state index in [1.807, 2.05) is 30.3 Å². The summed E-state index contributed by atoms with van der Waals surface area (Å²) in [7, 11) is 0. The summed E-state index contributed by atoms with van der Waals surface area (Å²) in [5.74, 6) is -1.21. The molecule has 1 saturated carbocycles. The molecule has 138 valence electrons. The normalized spacial score (nSPS) is 13.6. The van der Waals surface area contributed by atoms with Gasteiger partial charge >= 0.3 is 5.97 Å². The second kappa shape index (κ2) is 8.54. The van der Waals surface area contributed by atoms with Crippen molar-refractivity contribution in [2.75, 3.05) is 17.6 Å². The SMILES string of the molecule is O=C(O)CCCSc1c(F)cc(-c2ccccc2)c(NCC2CC2)c1F. The van der Waals surface area contributed by atoms with Crippen LogP contribution in [0.3, 0.4) is 0 Å². The van der Waals surface area contributed by atoms with Crippen LogP contribution < -0.4 is 5.32 Å². The molecule has 0 aliphatic heterocycles. The Balaban J connectivity index is 1.88. The van der Waals surface area contributed by atoms with Gasteiger partial charge in [-0.1, -0.05) is 30.3 Å². The maximum absolute atomic E-state index is 15.1. The van der Waals surface area contributed by atoms with Crippen LogP contribution in [0, 0.1) is 17.6 Å². The number of anilines is 1. The van der Waals surface area contributed by atoms with Crippen molar-refractivity contribution in [3.63, 3.8) is 0 Å². The van der Waals surface area contributed by atoms with E-state index in [0.29, 0.717) is 35.9 Å². The average Bonchev–Trinajstić information content (AvgIpc) is 3.44. The van der Waals surface area contributed by atoms with Crippen molar-refractivity contribution < 1.29 is 18.7 Å². The number of benzene rings is 2. The van der Waals surface area contributed by atoms with Crippen molar-refractivity contribution in [1.82, 2.24) is 0 Å². The lowest BCUT2D eigenvalue weighted by Gasteiger charge is -2.17. The zero-order chi connectivity index (χ0) is 18.5. The Morgan fingerprint density at radius 3 is 2.62 bits per heavy atom. The summed E-state index contributed by atoms with van der Waals surface area (Å²) >= 11 is 1.03. The van der Waals surface area contributed by atoms with E-state index in [4.69, 9.17) is 5.11 Å². The molecule has 0 aromatic heterocycles. The van der Waals surface area contributed by atoms with Gasteiger partial charge in [0.05, 0.1) is 10.6 Å². The van der Waals surface area contributed by atoms with E-state index in [1.54, 1.807) is 0 Å². The number of rotatable bonds is 9. The van der Waals surface area contributed by atoms with Crippen LogP contribution in [-0.2, 0) is 4.79 Å². The van der Waals surface area contributed by atoms with Gasteiger partial charge in [0.1, 0.15) is 5.82 Å². The Morgan fingerprint density at radius 1 is 1.23 bits per heavy atom. The monoisotopic (exact) mass is 377 g/mol. The molecule has 2 aromatic rings. The maximum Gasteiger partial charge on any atom is 0.303 e. The number of carbonyl (C=O) groups is 1. The van der Waals surface area contributed by atoms with Gasteiger partial charge in [-0.25, -0.2) is 8.78 Å². The smallest absolute Gasteiger partial charge is 0.303 e. The average molecular weight is 377 g/mol. The fourth-order valence-electron chi connectivity index (χ4n) is 2.72. The molecular weight excluding hydrogens is 356 g/mol.